The predicted molar refractivity (Wildman–Crippen MR) is 84.1 cm³/mol. The first-order valence-electron chi connectivity index (χ1n) is 6.91. The van der Waals surface area contributed by atoms with Crippen molar-refractivity contribution < 1.29 is 9.53 Å². The zero-order valence-corrected chi connectivity index (χ0v) is 12.1. The van der Waals surface area contributed by atoms with Crippen LogP contribution in [0.3, 0.4) is 0 Å². The van der Waals surface area contributed by atoms with E-state index in [4.69, 9.17) is 4.74 Å². The van der Waals surface area contributed by atoms with E-state index in [1.54, 1.807) is 13.3 Å². The van der Waals surface area contributed by atoms with Crippen molar-refractivity contribution >= 4 is 16.7 Å². The zero-order chi connectivity index (χ0) is 14.8. The molecule has 1 N–H and O–H groups in total. The molecule has 0 unspecified atom stereocenters. The molecule has 3 heteroatoms. The lowest BCUT2D eigenvalue weighted by Crippen LogP contribution is -2.03. The number of aryl methyl sites for hydroxylation is 1. The molecule has 2 aromatic carbocycles. The maximum Gasteiger partial charge on any atom is 0.169 e. The molecular formula is C18H17NO2. The van der Waals surface area contributed by atoms with Crippen molar-refractivity contribution in [3.8, 4) is 5.75 Å². The number of hydrogen-bond donors (Lipinski definition) is 1. The third-order valence-electron chi connectivity index (χ3n) is 3.64. The summed E-state index contributed by atoms with van der Waals surface area (Å²) in [7, 11) is 1.63. The minimum Gasteiger partial charge on any atom is -0.497 e. The second-order valence-electron chi connectivity index (χ2n) is 5.20. The van der Waals surface area contributed by atoms with Gasteiger partial charge in [0, 0.05) is 29.1 Å². The van der Waals surface area contributed by atoms with Crippen molar-refractivity contribution in [2.75, 3.05) is 7.11 Å². The number of aromatic nitrogens is 1. The van der Waals surface area contributed by atoms with Crippen LogP contribution in [0.1, 0.15) is 21.5 Å². The predicted octanol–water partition coefficient (Wildman–Crippen LogP) is 3.91. The van der Waals surface area contributed by atoms with Gasteiger partial charge < -0.3 is 9.72 Å². The lowest BCUT2D eigenvalue weighted by atomic mass is 10.0. The average Bonchev–Trinajstić information content (AvgIpc) is 2.90. The molecule has 0 spiro atoms. The second kappa shape index (κ2) is 5.44. The van der Waals surface area contributed by atoms with E-state index in [-0.39, 0.29) is 5.78 Å². The van der Waals surface area contributed by atoms with E-state index < -0.39 is 0 Å². The van der Waals surface area contributed by atoms with Gasteiger partial charge >= 0.3 is 0 Å². The minimum atomic E-state index is 0.111. The number of Topliss-reactive ketones (excluding diaryl/α,β-unsaturated/α-hetero) is 1. The number of ether oxygens (including phenoxy) is 1. The van der Waals surface area contributed by atoms with Crippen molar-refractivity contribution in [3.05, 3.63) is 65.4 Å². The van der Waals surface area contributed by atoms with Gasteiger partial charge in [0.25, 0.3) is 0 Å². The first-order chi connectivity index (χ1) is 10.2. The molecule has 106 valence electrons. The summed E-state index contributed by atoms with van der Waals surface area (Å²) >= 11 is 0. The molecule has 0 radical (unpaired) electrons. The second-order valence-corrected chi connectivity index (χ2v) is 5.20. The number of methoxy groups -OCH3 is 1. The maximum atomic E-state index is 12.5. The molecule has 3 aromatic rings. The normalized spacial score (nSPS) is 10.8. The molecule has 0 saturated heterocycles. The smallest absolute Gasteiger partial charge is 0.169 e. The van der Waals surface area contributed by atoms with Gasteiger partial charge in [-0.2, -0.15) is 0 Å². The van der Waals surface area contributed by atoms with Crippen molar-refractivity contribution in [3.63, 3.8) is 0 Å². The Hall–Kier alpha value is -2.55. The Kier molecular flexibility index (Phi) is 3.48. The molecule has 0 bridgehead atoms. The number of ketones is 1. The molecule has 0 atom stereocenters. The summed E-state index contributed by atoms with van der Waals surface area (Å²) in [5.74, 6) is 0.867. The van der Waals surface area contributed by atoms with Crippen LogP contribution in [0.15, 0.2) is 48.7 Å². The molecule has 0 saturated carbocycles. The fraction of sp³-hybridized carbons (Fsp3) is 0.167. The summed E-state index contributed by atoms with van der Waals surface area (Å²) in [5, 5.41) is 0.909. The lowest BCUT2D eigenvalue weighted by Gasteiger charge is -2.03. The number of carbonyl (C=O) groups excluding carboxylic acids is 1. The van der Waals surface area contributed by atoms with Gasteiger partial charge in [-0.15, -0.1) is 0 Å². The summed E-state index contributed by atoms with van der Waals surface area (Å²) in [6.45, 7) is 2.03. The van der Waals surface area contributed by atoms with Gasteiger partial charge in [-0.1, -0.05) is 29.8 Å². The number of benzene rings is 2. The fourth-order valence-electron chi connectivity index (χ4n) is 2.56. The van der Waals surface area contributed by atoms with Crippen LogP contribution < -0.4 is 4.74 Å². The SMILES string of the molecule is COc1ccc2[nH]cc(C(=O)Cc3cccc(C)c3)c2c1. The van der Waals surface area contributed by atoms with Crippen LogP contribution in [0, 0.1) is 6.92 Å². The van der Waals surface area contributed by atoms with Crippen LogP contribution in [0.4, 0.5) is 0 Å². The van der Waals surface area contributed by atoms with Crippen molar-refractivity contribution in [1.29, 1.82) is 0 Å². The van der Waals surface area contributed by atoms with Crippen LogP contribution in [0.5, 0.6) is 5.75 Å². The molecule has 0 fully saturated rings. The number of rotatable bonds is 4. The van der Waals surface area contributed by atoms with Crippen molar-refractivity contribution in [2.45, 2.75) is 13.3 Å². The van der Waals surface area contributed by atoms with Crippen LogP contribution in [-0.4, -0.2) is 17.9 Å². The molecule has 0 amide bonds. The Morgan fingerprint density at radius 3 is 2.81 bits per heavy atom. The lowest BCUT2D eigenvalue weighted by molar-refractivity contribution is 0.0994. The topological polar surface area (TPSA) is 42.1 Å². The van der Waals surface area contributed by atoms with E-state index in [0.717, 1.165) is 22.2 Å². The van der Waals surface area contributed by atoms with E-state index in [9.17, 15) is 4.79 Å². The van der Waals surface area contributed by atoms with Gasteiger partial charge in [0.15, 0.2) is 5.78 Å². The molecule has 1 heterocycles. The van der Waals surface area contributed by atoms with E-state index in [2.05, 4.69) is 4.98 Å². The Bertz CT molecular complexity index is 802. The molecule has 3 rings (SSSR count). The first kappa shape index (κ1) is 13.4. The number of hydrogen-bond acceptors (Lipinski definition) is 2. The molecule has 3 nitrogen and oxygen atoms in total. The minimum absolute atomic E-state index is 0.111. The van der Waals surface area contributed by atoms with Gasteiger partial charge in [0.1, 0.15) is 5.75 Å². The fourth-order valence-corrected chi connectivity index (χ4v) is 2.56. The summed E-state index contributed by atoms with van der Waals surface area (Å²) in [6.07, 6.45) is 2.19. The van der Waals surface area contributed by atoms with Gasteiger partial charge in [-0.05, 0) is 30.7 Å². The monoisotopic (exact) mass is 279 g/mol. The van der Waals surface area contributed by atoms with Gasteiger partial charge in [-0.25, -0.2) is 0 Å². The molecule has 0 aliphatic rings. The van der Waals surface area contributed by atoms with Crippen LogP contribution in [0.25, 0.3) is 10.9 Å². The Balaban J connectivity index is 1.94. The number of fused-ring (bicyclic) bond motifs is 1. The highest BCUT2D eigenvalue weighted by molar-refractivity contribution is 6.08. The number of H-pyrrole nitrogens is 1. The van der Waals surface area contributed by atoms with Crippen molar-refractivity contribution in [2.24, 2.45) is 0 Å². The van der Waals surface area contributed by atoms with E-state index >= 15 is 0 Å². The van der Waals surface area contributed by atoms with E-state index in [0.29, 0.717) is 12.0 Å². The average molecular weight is 279 g/mol. The summed E-state index contributed by atoms with van der Waals surface area (Å²) in [6, 6.07) is 13.8. The van der Waals surface area contributed by atoms with Crippen molar-refractivity contribution in [1.82, 2.24) is 4.98 Å². The molecule has 0 aliphatic carbocycles. The highest BCUT2D eigenvalue weighted by Crippen LogP contribution is 2.24. The highest BCUT2D eigenvalue weighted by Gasteiger charge is 2.13. The number of carbonyl (C=O) groups is 1. The van der Waals surface area contributed by atoms with Crippen LogP contribution >= 0.6 is 0 Å². The highest BCUT2D eigenvalue weighted by atomic mass is 16.5. The van der Waals surface area contributed by atoms with Crippen LogP contribution in [-0.2, 0) is 6.42 Å². The van der Waals surface area contributed by atoms with Gasteiger partial charge in [0.2, 0.25) is 0 Å². The molecule has 1 aromatic heterocycles. The third-order valence-corrected chi connectivity index (χ3v) is 3.64. The summed E-state index contributed by atoms with van der Waals surface area (Å²) in [5.41, 5.74) is 3.87. The maximum absolute atomic E-state index is 12.5. The molecular weight excluding hydrogens is 262 g/mol. The van der Waals surface area contributed by atoms with Gasteiger partial charge in [0.05, 0.1) is 7.11 Å². The molecule has 0 aliphatic heterocycles. The summed E-state index contributed by atoms with van der Waals surface area (Å²) in [4.78, 5) is 15.7. The summed E-state index contributed by atoms with van der Waals surface area (Å²) < 4.78 is 5.24. The largest absolute Gasteiger partial charge is 0.497 e. The number of aromatic amines is 1. The standard InChI is InChI=1S/C18H17NO2/c1-12-4-3-5-13(8-12)9-18(20)16-11-19-17-7-6-14(21-2)10-15(16)17/h3-8,10-11,19H,9H2,1-2H3. The third kappa shape index (κ3) is 2.68. The van der Waals surface area contributed by atoms with E-state index in [1.807, 2.05) is 49.4 Å². The quantitative estimate of drug-likeness (QED) is 0.736. The zero-order valence-electron chi connectivity index (χ0n) is 12.1. The Morgan fingerprint density at radius 2 is 2.05 bits per heavy atom. The van der Waals surface area contributed by atoms with Crippen LogP contribution in [0.2, 0.25) is 0 Å². The van der Waals surface area contributed by atoms with Gasteiger partial charge in [-0.3, -0.25) is 4.79 Å². The Morgan fingerprint density at radius 1 is 1.19 bits per heavy atom. The molecule has 21 heavy (non-hydrogen) atoms. The first-order valence-corrected chi connectivity index (χ1v) is 6.91. The Labute approximate surface area is 123 Å². The van der Waals surface area contributed by atoms with E-state index in [1.165, 1.54) is 5.56 Å². The number of nitrogens with one attached hydrogen (secondary N) is 1.